The van der Waals surface area contributed by atoms with E-state index in [0.29, 0.717) is 5.75 Å². The fourth-order valence-electron chi connectivity index (χ4n) is 3.68. The Bertz CT molecular complexity index is 866. The van der Waals surface area contributed by atoms with E-state index in [9.17, 15) is 4.79 Å². The third-order valence-corrected chi connectivity index (χ3v) is 5.75. The third kappa shape index (κ3) is 2.89. The van der Waals surface area contributed by atoms with Crippen LogP contribution < -0.4 is 0 Å². The minimum absolute atomic E-state index is 0.218. The van der Waals surface area contributed by atoms with Crippen molar-refractivity contribution < 1.29 is 4.79 Å². The Balaban J connectivity index is 1.58. The van der Waals surface area contributed by atoms with Gasteiger partial charge in [-0.1, -0.05) is 48.5 Å². The molecular formula is C21H21NOS. The van der Waals surface area contributed by atoms with Gasteiger partial charge in [0.1, 0.15) is 0 Å². The van der Waals surface area contributed by atoms with E-state index in [1.807, 2.05) is 28.8 Å². The van der Waals surface area contributed by atoms with Crippen molar-refractivity contribution in [1.29, 1.82) is 0 Å². The maximum atomic E-state index is 12.9. The number of thioether (sulfide) groups is 1. The average molecular weight is 335 g/mol. The minimum Gasteiger partial charge on any atom is -0.283 e. The Morgan fingerprint density at radius 3 is 2.58 bits per heavy atom. The Kier molecular flexibility index (Phi) is 4.44. The van der Waals surface area contributed by atoms with Crippen LogP contribution in [0.1, 0.15) is 34.5 Å². The summed E-state index contributed by atoms with van der Waals surface area (Å²) in [7, 11) is 0. The van der Waals surface area contributed by atoms with Gasteiger partial charge in [0.2, 0.25) is 5.91 Å². The summed E-state index contributed by atoms with van der Waals surface area (Å²) in [6.07, 6.45) is 4.55. The number of hydrogen-bond acceptors (Lipinski definition) is 2. The lowest BCUT2D eigenvalue weighted by molar-refractivity contribution is 0.0943. The van der Waals surface area contributed by atoms with Gasteiger partial charge in [-0.2, -0.15) is 0 Å². The third-order valence-electron chi connectivity index (χ3n) is 4.77. The van der Waals surface area contributed by atoms with Gasteiger partial charge in [-0.05, 0) is 42.9 Å². The van der Waals surface area contributed by atoms with E-state index in [1.54, 1.807) is 11.8 Å². The van der Waals surface area contributed by atoms with Gasteiger partial charge in [0.25, 0.3) is 0 Å². The van der Waals surface area contributed by atoms with Gasteiger partial charge in [0, 0.05) is 16.8 Å². The first-order valence-electron chi connectivity index (χ1n) is 8.60. The lowest BCUT2D eigenvalue weighted by atomic mass is 9.96. The molecule has 2 nitrogen and oxygen atoms in total. The van der Waals surface area contributed by atoms with Crippen LogP contribution in [-0.4, -0.2) is 16.2 Å². The lowest BCUT2D eigenvalue weighted by Gasteiger charge is -2.15. The van der Waals surface area contributed by atoms with E-state index in [-0.39, 0.29) is 5.91 Å². The number of carbonyl (C=O) groups is 1. The zero-order valence-corrected chi connectivity index (χ0v) is 14.5. The van der Waals surface area contributed by atoms with Crippen LogP contribution in [0, 0.1) is 0 Å². The van der Waals surface area contributed by atoms with Crippen molar-refractivity contribution >= 4 is 28.6 Å². The summed E-state index contributed by atoms with van der Waals surface area (Å²) in [5.41, 5.74) is 5.02. The number of carbonyl (C=O) groups excluding carboxylic acids is 1. The molecule has 1 aliphatic carbocycles. The van der Waals surface area contributed by atoms with Gasteiger partial charge < -0.3 is 0 Å². The van der Waals surface area contributed by atoms with Gasteiger partial charge >= 0.3 is 0 Å². The highest BCUT2D eigenvalue weighted by molar-refractivity contribution is 7.99. The fourth-order valence-corrected chi connectivity index (χ4v) is 4.51. The zero-order chi connectivity index (χ0) is 16.4. The summed E-state index contributed by atoms with van der Waals surface area (Å²) < 4.78 is 2.00. The molecule has 3 heteroatoms. The molecule has 1 aromatic heterocycles. The minimum atomic E-state index is 0.218. The van der Waals surface area contributed by atoms with Crippen LogP contribution in [-0.2, 0) is 18.6 Å². The molecule has 122 valence electrons. The number of benzene rings is 2. The molecule has 0 atom stereocenters. The first kappa shape index (κ1) is 15.5. The van der Waals surface area contributed by atoms with Crippen molar-refractivity contribution in [2.45, 2.75) is 31.4 Å². The van der Waals surface area contributed by atoms with Gasteiger partial charge in [0.15, 0.2) is 0 Å². The van der Waals surface area contributed by atoms with Crippen molar-refractivity contribution in [3.05, 3.63) is 71.4 Å². The SMILES string of the molecule is O=C(CSCc1ccccc1)n1c2c(c3ccccc31)CCCC2. The summed E-state index contributed by atoms with van der Waals surface area (Å²) in [5.74, 6) is 1.63. The highest BCUT2D eigenvalue weighted by atomic mass is 32.2. The molecule has 0 aliphatic heterocycles. The van der Waals surface area contributed by atoms with Crippen LogP contribution >= 0.6 is 11.8 Å². The van der Waals surface area contributed by atoms with Crippen molar-refractivity contribution in [2.75, 3.05) is 5.75 Å². The monoisotopic (exact) mass is 335 g/mol. The number of hydrogen-bond donors (Lipinski definition) is 0. The molecule has 0 saturated heterocycles. The Labute approximate surface area is 146 Å². The normalized spacial score (nSPS) is 13.8. The van der Waals surface area contributed by atoms with E-state index < -0.39 is 0 Å². The zero-order valence-electron chi connectivity index (χ0n) is 13.7. The van der Waals surface area contributed by atoms with Crippen LogP contribution in [0.5, 0.6) is 0 Å². The van der Waals surface area contributed by atoms with Gasteiger partial charge in [-0.3, -0.25) is 9.36 Å². The van der Waals surface area contributed by atoms with E-state index in [2.05, 4.69) is 30.3 Å². The predicted octanol–water partition coefficient (Wildman–Crippen LogP) is 5.09. The highest BCUT2D eigenvalue weighted by Gasteiger charge is 2.22. The summed E-state index contributed by atoms with van der Waals surface area (Å²) in [5, 5.41) is 1.27. The molecule has 4 rings (SSSR count). The molecule has 0 bridgehead atoms. The number of rotatable bonds is 4. The molecule has 1 heterocycles. The van der Waals surface area contributed by atoms with Crippen LogP contribution in [0.3, 0.4) is 0 Å². The van der Waals surface area contributed by atoms with Crippen molar-refractivity contribution in [3.63, 3.8) is 0 Å². The fraction of sp³-hybridized carbons (Fsp3) is 0.286. The molecule has 0 unspecified atom stereocenters. The van der Waals surface area contributed by atoms with E-state index in [1.165, 1.54) is 35.0 Å². The second kappa shape index (κ2) is 6.86. The molecule has 0 saturated carbocycles. The van der Waals surface area contributed by atoms with Crippen LogP contribution in [0.15, 0.2) is 54.6 Å². The Morgan fingerprint density at radius 2 is 1.71 bits per heavy atom. The number of para-hydroxylation sites is 1. The first-order chi connectivity index (χ1) is 11.8. The van der Waals surface area contributed by atoms with Crippen LogP contribution in [0.4, 0.5) is 0 Å². The van der Waals surface area contributed by atoms with Crippen LogP contribution in [0.2, 0.25) is 0 Å². The number of nitrogens with zero attached hydrogens (tertiary/aromatic N) is 1. The highest BCUT2D eigenvalue weighted by Crippen LogP contribution is 2.32. The molecule has 0 fully saturated rings. The second-order valence-corrected chi connectivity index (χ2v) is 7.34. The van der Waals surface area contributed by atoms with Gasteiger partial charge in [-0.15, -0.1) is 11.8 Å². The maximum absolute atomic E-state index is 12.9. The topological polar surface area (TPSA) is 22.0 Å². The van der Waals surface area contributed by atoms with Gasteiger partial charge in [-0.25, -0.2) is 0 Å². The largest absolute Gasteiger partial charge is 0.283 e. The quantitative estimate of drug-likeness (QED) is 0.662. The molecule has 3 aromatic rings. The van der Waals surface area contributed by atoms with Crippen molar-refractivity contribution in [2.24, 2.45) is 0 Å². The van der Waals surface area contributed by atoms with Gasteiger partial charge in [0.05, 0.1) is 11.3 Å². The summed E-state index contributed by atoms with van der Waals surface area (Å²) >= 11 is 1.70. The van der Waals surface area contributed by atoms with E-state index >= 15 is 0 Å². The molecule has 24 heavy (non-hydrogen) atoms. The maximum Gasteiger partial charge on any atom is 0.241 e. The molecular weight excluding hydrogens is 314 g/mol. The Morgan fingerprint density at radius 1 is 0.958 bits per heavy atom. The molecule has 1 aliphatic rings. The second-order valence-electron chi connectivity index (χ2n) is 6.36. The van der Waals surface area contributed by atoms with Crippen molar-refractivity contribution in [3.8, 4) is 0 Å². The number of aromatic nitrogens is 1. The average Bonchev–Trinajstić information content (AvgIpc) is 2.97. The smallest absolute Gasteiger partial charge is 0.241 e. The number of aryl methyl sites for hydroxylation is 1. The Hall–Kier alpha value is -2.00. The molecule has 0 N–H and O–H groups in total. The molecule has 2 aromatic carbocycles. The number of fused-ring (bicyclic) bond motifs is 3. The van der Waals surface area contributed by atoms with E-state index in [4.69, 9.17) is 0 Å². The standard InChI is InChI=1S/C21H21NOS/c23-21(15-24-14-16-8-2-1-3-9-16)22-19-12-6-4-10-17(19)18-11-5-7-13-20(18)22/h1-4,6,8-10,12H,5,7,11,13-15H2. The predicted molar refractivity (Wildman–Crippen MR) is 102 cm³/mol. The first-order valence-corrected chi connectivity index (χ1v) is 9.76. The summed E-state index contributed by atoms with van der Waals surface area (Å²) in [6, 6.07) is 18.7. The summed E-state index contributed by atoms with van der Waals surface area (Å²) in [6.45, 7) is 0. The molecule has 0 amide bonds. The lowest BCUT2D eigenvalue weighted by Crippen LogP contribution is -2.18. The molecule has 0 radical (unpaired) electrons. The van der Waals surface area contributed by atoms with Crippen LogP contribution in [0.25, 0.3) is 10.9 Å². The summed E-state index contributed by atoms with van der Waals surface area (Å²) in [4.78, 5) is 12.9. The molecule has 0 spiro atoms. The van der Waals surface area contributed by atoms with E-state index in [0.717, 1.165) is 24.1 Å². The van der Waals surface area contributed by atoms with Crippen molar-refractivity contribution in [1.82, 2.24) is 4.57 Å².